The molecule has 6 nitrogen and oxygen atoms in total. The molecule has 1 N–H and O–H groups in total. The largest absolute Gasteiger partial charge is 0.334 e. The third-order valence-corrected chi connectivity index (χ3v) is 5.53. The van der Waals surface area contributed by atoms with Crippen molar-refractivity contribution in [2.75, 3.05) is 6.54 Å². The van der Waals surface area contributed by atoms with Crippen molar-refractivity contribution < 1.29 is 4.79 Å². The van der Waals surface area contributed by atoms with Crippen LogP contribution in [0.1, 0.15) is 24.4 Å². The molecule has 0 saturated carbocycles. The molecule has 1 fully saturated rings. The van der Waals surface area contributed by atoms with Crippen molar-refractivity contribution in [1.29, 1.82) is 0 Å². The molecule has 138 valence electrons. The fraction of sp³-hybridized carbons (Fsp3) is 0.250. The maximum Gasteiger partial charge on any atom is 0.273 e. The first-order chi connectivity index (χ1) is 13.0. The number of hydrogen-bond donors (Lipinski definition) is 1. The smallest absolute Gasteiger partial charge is 0.273 e. The van der Waals surface area contributed by atoms with Crippen LogP contribution >= 0.6 is 15.9 Å². The Morgan fingerprint density at radius 2 is 1.78 bits per heavy atom. The number of nitrogens with one attached hydrogen (secondary N) is 1. The fourth-order valence-electron chi connectivity index (χ4n) is 3.68. The molecule has 0 bridgehead atoms. The number of carbonyl (C=O) groups excluding carboxylic acids is 1. The van der Waals surface area contributed by atoms with Crippen LogP contribution in [0.25, 0.3) is 10.8 Å². The van der Waals surface area contributed by atoms with Crippen molar-refractivity contribution in [2.45, 2.75) is 25.4 Å². The molecule has 1 saturated heterocycles. The van der Waals surface area contributed by atoms with Gasteiger partial charge in [0, 0.05) is 11.0 Å². The zero-order valence-corrected chi connectivity index (χ0v) is 16.1. The van der Waals surface area contributed by atoms with E-state index in [0.717, 1.165) is 27.6 Å². The van der Waals surface area contributed by atoms with E-state index in [1.165, 1.54) is 0 Å². The van der Waals surface area contributed by atoms with E-state index in [2.05, 4.69) is 21.0 Å². The number of carbonyl (C=O) groups is 1. The molecule has 1 aliphatic rings. The molecular formula is C20H18BrN3O3. The second-order valence-corrected chi connectivity index (χ2v) is 7.59. The van der Waals surface area contributed by atoms with Gasteiger partial charge in [0.1, 0.15) is 6.54 Å². The Balaban J connectivity index is 1.63. The number of nitrogens with zero attached hydrogens (tertiary/aromatic N) is 2. The number of aromatic nitrogens is 2. The molecule has 3 aromatic rings. The third kappa shape index (κ3) is 3.35. The number of fused-ring (bicyclic) bond motifs is 1. The van der Waals surface area contributed by atoms with Gasteiger partial charge in [-0.25, -0.2) is 4.68 Å². The lowest BCUT2D eigenvalue weighted by Gasteiger charge is -2.25. The molecule has 27 heavy (non-hydrogen) atoms. The maximum atomic E-state index is 12.9. The van der Waals surface area contributed by atoms with E-state index < -0.39 is 0 Å². The minimum Gasteiger partial charge on any atom is -0.334 e. The molecule has 4 rings (SSSR count). The standard InChI is InChI=1S/C20H18BrN3O3/c21-14-9-7-13(8-10-14)17-6-3-11-23(17)18(25)12-24-20(27)16-5-2-1-4-15(16)19(26)22-24/h1-2,4-5,7-10,17H,3,6,11-12H2,(H,22,26). The normalized spacial score (nSPS) is 16.8. The lowest BCUT2D eigenvalue weighted by atomic mass is 10.0. The summed E-state index contributed by atoms with van der Waals surface area (Å²) in [4.78, 5) is 39.6. The molecule has 0 aliphatic carbocycles. The number of likely N-dealkylation sites (tertiary alicyclic amines) is 1. The van der Waals surface area contributed by atoms with Crippen LogP contribution < -0.4 is 11.1 Å². The van der Waals surface area contributed by atoms with Gasteiger partial charge in [-0.2, -0.15) is 0 Å². The average molecular weight is 428 g/mol. The molecule has 1 amide bonds. The molecule has 2 heterocycles. The molecule has 0 radical (unpaired) electrons. The number of aromatic amines is 1. The summed E-state index contributed by atoms with van der Waals surface area (Å²) in [6.07, 6.45) is 1.80. The maximum absolute atomic E-state index is 12.9. The molecule has 0 spiro atoms. The van der Waals surface area contributed by atoms with Crippen molar-refractivity contribution in [3.05, 3.63) is 79.3 Å². The van der Waals surface area contributed by atoms with Gasteiger partial charge in [0.15, 0.2) is 0 Å². The van der Waals surface area contributed by atoms with E-state index in [1.54, 1.807) is 29.2 Å². The number of halogens is 1. The van der Waals surface area contributed by atoms with Crippen LogP contribution in [0.15, 0.2) is 62.6 Å². The van der Waals surface area contributed by atoms with Gasteiger partial charge in [0.25, 0.3) is 11.1 Å². The van der Waals surface area contributed by atoms with Gasteiger partial charge >= 0.3 is 0 Å². The molecule has 1 atom stereocenters. The van der Waals surface area contributed by atoms with Crippen molar-refractivity contribution >= 4 is 32.6 Å². The summed E-state index contributed by atoms with van der Waals surface area (Å²) in [6.45, 7) is 0.470. The van der Waals surface area contributed by atoms with Gasteiger partial charge in [0.2, 0.25) is 5.91 Å². The summed E-state index contributed by atoms with van der Waals surface area (Å²) in [5.74, 6) is -0.173. The van der Waals surface area contributed by atoms with Crippen LogP contribution in [0, 0.1) is 0 Å². The van der Waals surface area contributed by atoms with Gasteiger partial charge in [0.05, 0.1) is 16.8 Å². The van der Waals surface area contributed by atoms with Crippen LogP contribution in [-0.4, -0.2) is 27.1 Å². The minimum absolute atomic E-state index is 0.00604. The fourth-order valence-corrected chi connectivity index (χ4v) is 3.95. The highest BCUT2D eigenvalue weighted by atomic mass is 79.9. The topological polar surface area (TPSA) is 75.2 Å². The predicted molar refractivity (Wildman–Crippen MR) is 107 cm³/mol. The number of hydrogen-bond acceptors (Lipinski definition) is 3. The van der Waals surface area contributed by atoms with Crippen molar-refractivity contribution in [1.82, 2.24) is 14.7 Å². The molecule has 1 unspecified atom stereocenters. The van der Waals surface area contributed by atoms with E-state index in [0.29, 0.717) is 17.3 Å². The predicted octanol–water partition coefficient (Wildman–Crippen LogP) is 2.82. The van der Waals surface area contributed by atoms with E-state index in [9.17, 15) is 14.4 Å². The molecule has 1 aromatic heterocycles. The summed E-state index contributed by atoms with van der Waals surface area (Å²) < 4.78 is 2.10. The molecule has 7 heteroatoms. The highest BCUT2D eigenvalue weighted by Gasteiger charge is 2.30. The van der Waals surface area contributed by atoms with Crippen LogP contribution in [0.2, 0.25) is 0 Å². The van der Waals surface area contributed by atoms with Crippen molar-refractivity contribution in [2.24, 2.45) is 0 Å². The zero-order valence-electron chi connectivity index (χ0n) is 14.5. The summed E-state index contributed by atoms with van der Waals surface area (Å²) >= 11 is 3.42. The minimum atomic E-state index is -0.371. The highest BCUT2D eigenvalue weighted by molar-refractivity contribution is 9.10. The van der Waals surface area contributed by atoms with Gasteiger partial charge < -0.3 is 4.90 Å². The van der Waals surface area contributed by atoms with E-state index in [4.69, 9.17) is 0 Å². The number of rotatable bonds is 3. The Morgan fingerprint density at radius 1 is 1.07 bits per heavy atom. The Labute approximate surface area is 163 Å². The van der Waals surface area contributed by atoms with Crippen molar-refractivity contribution in [3.8, 4) is 0 Å². The quantitative estimate of drug-likeness (QED) is 0.697. The summed E-state index contributed by atoms with van der Waals surface area (Å²) in [5, 5.41) is 3.18. The number of H-pyrrole nitrogens is 1. The Hall–Kier alpha value is -2.67. The average Bonchev–Trinajstić information content (AvgIpc) is 3.16. The van der Waals surface area contributed by atoms with E-state index >= 15 is 0 Å². The molecular weight excluding hydrogens is 410 g/mol. The SMILES string of the molecule is O=C(Cn1[nH]c(=O)c2ccccc2c1=O)N1CCCC1c1ccc(Br)cc1. The zero-order chi connectivity index (χ0) is 19.0. The van der Waals surface area contributed by atoms with E-state index in [1.807, 2.05) is 24.3 Å². The molecule has 1 aliphatic heterocycles. The summed E-state index contributed by atoms with van der Waals surface area (Å²) in [7, 11) is 0. The van der Waals surface area contributed by atoms with Gasteiger partial charge in [-0.1, -0.05) is 40.2 Å². The first-order valence-electron chi connectivity index (χ1n) is 8.81. The molecule has 2 aromatic carbocycles. The monoisotopic (exact) mass is 427 g/mol. The van der Waals surface area contributed by atoms with E-state index in [-0.39, 0.29) is 29.6 Å². The second-order valence-electron chi connectivity index (χ2n) is 6.67. The highest BCUT2D eigenvalue weighted by Crippen LogP contribution is 2.32. The number of benzene rings is 2. The third-order valence-electron chi connectivity index (χ3n) is 5.01. The van der Waals surface area contributed by atoms with Crippen LogP contribution in [0.4, 0.5) is 0 Å². The first-order valence-corrected chi connectivity index (χ1v) is 9.61. The van der Waals surface area contributed by atoms with Gasteiger partial charge in [-0.15, -0.1) is 0 Å². The Morgan fingerprint density at radius 3 is 2.52 bits per heavy atom. The number of amides is 1. The summed E-state index contributed by atoms with van der Waals surface area (Å²) in [5.41, 5.74) is 0.338. The lowest BCUT2D eigenvalue weighted by Crippen LogP contribution is -2.39. The van der Waals surface area contributed by atoms with Gasteiger partial charge in [-0.05, 0) is 42.7 Å². The summed E-state index contributed by atoms with van der Waals surface area (Å²) in [6, 6.07) is 14.5. The lowest BCUT2D eigenvalue weighted by molar-refractivity contribution is -0.133. The Bertz CT molecular complexity index is 1120. The first kappa shape index (κ1) is 17.7. The van der Waals surface area contributed by atoms with Crippen molar-refractivity contribution in [3.63, 3.8) is 0 Å². The van der Waals surface area contributed by atoms with Gasteiger partial charge in [-0.3, -0.25) is 19.5 Å². The van der Waals surface area contributed by atoms with Crippen LogP contribution in [-0.2, 0) is 11.3 Å². The van der Waals surface area contributed by atoms with Crippen LogP contribution in [0.5, 0.6) is 0 Å². The second kappa shape index (κ2) is 7.15. The Kier molecular flexibility index (Phi) is 4.70. The van der Waals surface area contributed by atoms with Crippen LogP contribution in [0.3, 0.4) is 0 Å².